The molecule has 1 aliphatic heterocycles. The lowest BCUT2D eigenvalue weighted by molar-refractivity contribution is -0.126. The Bertz CT molecular complexity index is 942. The molecule has 1 aromatic heterocycles. The Morgan fingerprint density at radius 2 is 1.80 bits per heavy atom. The lowest BCUT2D eigenvalue weighted by Crippen LogP contribution is -2.40. The van der Waals surface area contributed by atoms with Gasteiger partial charge >= 0.3 is 0 Å². The number of carbonyl (C=O) groups excluding carboxylic acids is 1. The van der Waals surface area contributed by atoms with Gasteiger partial charge < -0.3 is 9.88 Å². The van der Waals surface area contributed by atoms with Crippen molar-refractivity contribution in [3.05, 3.63) is 89.5 Å². The van der Waals surface area contributed by atoms with E-state index < -0.39 is 0 Å². The number of piperidine rings is 1. The van der Waals surface area contributed by atoms with Crippen molar-refractivity contribution in [1.82, 2.24) is 19.8 Å². The lowest BCUT2D eigenvalue weighted by atomic mass is 9.95. The highest BCUT2D eigenvalue weighted by Crippen LogP contribution is 2.20. The quantitative estimate of drug-likeness (QED) is 0.655. The number of hydrogen-bond donors (Lipinski definition) is 1. The van der Waals surface area contributed by atoms with E-state index >= 15 is 0 Å². The molecule has 0 unspecified atom stereocenters. The van der Waals surface area contributed by atoms with Crippen molar-refractivity contribution in [2.45, 2.75) is 39.4 Å². The molecule has 156 valence electrons. The first-order valence-electron chi connectivity index (χ1n) is 10.7. The molecule has 1 aliphatic rings. The fourth-order valence-electron chi connectivity index (χ4n) is 4.07. The third-order valence-corrected chi connectivity index (χ3v) is 5.87. The number of hydrogen-bond acceptors (Lipinski definition) is 3. The van der Waals surface area contributed by atoms with Gasteiger partial charge in [-0.15, -0.1) is 0 Å². The van der Waals surface area contributed by atoms with Gasteiger partial charge in [0.2, 0.25) is 5.91 Å². The summed E-state index contributed by atoms with van der Waals surface area (Å²) < 4.78 is 2.04. The molecule has 1 saturated heterocycles. The van der Waals surface area contributed by atoms with E-state index in [2.05, 4.69) is 70.7 Å². The summed E-state index contributed by atoms with van der Waals surface area (Å²) in [6.07, 6.45) is 7.42. The van der Waals surface area contributed by atoms with Crippen LogP contribution in [0.15, 0.2) is 67.3 Å². The first kappa shape index (κ1) is 20.4. The standard InChI is InChI=1S/C25H30N4O/c1-20-5-7-21(8-6-20)17-28-12-9-24(10-13-28)25(30)27-16-22-3-2-4-23(15-22)18-29-14-11-26-19-29/h2-8,11,14-15,19,24H,9-10,12-13,16-18H2,1H3,(H,27,30). The topological polar surface area (TPSA) is 50.2 Å². The molecule has 1 fully saturated rings. The van der Waals surface area contributed by atoms with Crippen LogP contribution in [-0.4, -0.2) is 33.4 Å². The van der Waals surface area contributed by atoms with E-state index in [1.165, 1.54) is 16.7 Å². The monoisotopic (exact) mass is 402 g/mol. The first-order valence-corrected chi connectivity index (χ1v) is 10.7. The number of rotatable bonds is 7. The van der Waals surface area contributed by atoms with E-state index in [1.54, 1.807) is 6.20 Å². The summed E-state index contributed by atoms with van der Waals surface area (Å²) in [6.45, 7) is 6.42. The highest BCUT2D eigenvalue weighted by molar-refractivity contribution is 5.78. The number of nitrogens with zero attached hydrogens (tertiary/aromatic N) is 3. The highest BCUT2D eigenvalue weighted by Gasteiger charge is 2.24. The molecule has 3 aromatic rings. The van der Waals surface area contributed by atoms with Crippen molar-refractivity contribution >= 4 is 5.91 Å². The van der Waals surface area contributed by atoms with Crippen molar-refractivity contribution in [3.63, 3.8) is 0 Å². The number of aromatic nitrogens is 2. The summed E-state index contributed by atoms with van der Waals surface area (Å²) in [7, 11) is 0. The molecule has 0 spiro atoms. The van der Waals surface area contributed by atoms with Crippen molar-refractivity contribution in [1.29, 1.82) is 0 Å². The molecule has 2 aromatic carbocycles. The molecule has 0 radical (unpaired) electrons. The van der Waals surface area contributed by atoms with Crippen LogP contribution in [0.1, 0.15) is 35.1 Å². The zero-order chi connectivity index (χ0) is 20.8. The summed E-state index contributed by atoms with van der Waals surface area (Å²) in [5.41, 5.74) is 4.99. The molecule has 0 bridgehead atoms. The SMILES string of the molecule is Cc1ccc(CN2CCC(C(=O)NCc3cccc(Cn4ccnc4)c3)CC2)cc1. The Morgan fingerprint density at radius 1 is 1.03 bits per heavy atom. The van der Waals surface area contributed by atoms with Gasteiger partial charge in [0, 0.05) is 37.9 Å². The number of nitrogens with one attached hydrogen (secondary N) is 1. The smallest absolute Gasteiger partial charge is 0.223 e. The van der Waals surface area contributed by atoms with Gasteiger partial charge in [-0.1, -0.05) is 54.1 Å². The van der Waals surface area contributed by atoms with Gasteiger partial charge in [0.15, 0.2) is 0 Å². The minimum atomic E-state index is 0.119. The van der Waals surface area contributed by atoms with E-state index in [0.29, 0.717) is 6.54 Å². The van der Waals surface area contributed by atoms with Gasteiger partial charge in [-0.3, -0.25) is 9.69 Å². The van der Waals surface area contributed by atoms with Crippen LogP contribution in [0.5, 0.6) is 0 Å². The van der Waals surface area contributed by atoms with Gasteiger partial charge in [-0.05, 0) is 49.5 Å². The number of benzene rings is 2. The summed E-state index contributed by atoms with van der Waals surface area (Å²) in [5, 5.41) is 3.15. The van der Waals surface area contributed by atoms with Crippen LogP contribution >= 0.6 is 0 Å². The zero-order valence-electron chi connectivity index (χ0n) is 17.6. The Balaban J connectivity index is 1.23. The van der Waals surface area contributed by atoms with Crippen LogP contribution in [0.4, 0.5) is 0 Å². The van der Waals surface area contributed by atoms with Crippen LogP contribution in [0.3, 0.4) is 0 Å². The Morgan fingerprint density at radius 3 is 2.53 bits per heavy atom. The molecule has 0 saturated carbocycles. The fraction of sp³-hybridized carbons (Fsp3) is 0.360. The Hall–Kier alpha value is -2.92. The lowest BCUT2D eigenvalue weighted by Gasteiger charge is -2.31. The van der Waals surface area contributed by atoms with E-state index in [4.69, 9.17) is 0 Å². The maximum absolute atomic E-state index is 12.7. The second kappa shape index (κ2) is 9.72. The third kappa shape index (κ3) is 5.57. The molecule has 5 heteroatoms. The molecule has 1 N–H and O–H groups in total. The third-order valence-electron chi connectivity index (χ3n) is 5.87. The second-order valence-corrected chi connectivity index (χ2v) is 8.31. The van der Waals surface area contributed by atoms with Crippen LogP contribution in [0.2, 0.25) is 0 Å². The van der Waals surface area contributed by atoms with Gasteiger partial charge in [0.1, 0.15) is 0 Å². The number of carbonyl (C=O) groups is 1. The van der Waals surface area contributed by atoms with E-state index in [9.17, 15) is 4.79 Å². The number of amides is 1. The van der Waals surface area contributed by atoms with Gasteiger partial charge in [0.05, 0.1) is 6.33 Å². The van der Waals surface area contributed by atoms with Gasteiger partial charge in [-0.2, -0.15) is 0 Å². The number of imidazole rings is 1. The fourth-order valence-corrected chi connectivity index (χ4v) is 4.07. The van der Waals surface area contributed by atoms with Crippen LogP contribution in [0, 0.1) is 12.8 Å². The average molecular weight is 403 g/mol. The Kier molecular flexibility index (Phi) is 6.60. The summed E-state index contributed by atoms with van der Waals surface area (Å²) in [4.78, 5) is 19.2. The van der Waals surface area contributed by atoms with Crippen molar-refractivity contribution in [2.75, 3.05) is 13.1 Å². The number of likely N-dealkylation sites (tertiary alicyclic amines) is 1. The summed E-state index contributed by atoms with van der Waals surface area (Å²) in [6, 6.07) is 17.1. The predicted octanol–water partition coefficient (Wildman–Crippen LogP) is 3.77. The number of aryl methyl sites for hydroxylation is 1. The molecular weight excluding hydrogens is 372 g/mol. The molecule has 4 rings (SSSR count). The summed E-state index contributed by atoms with van der Waals surface area (Å²) >= 11 is 0. The average Bonchev–Trinajstić information content (AvgIpc) is 3.27. The normalized spacial score (nSPS) is 15.2. The van der Waals surface area contributed by atoms with Crippen LogP contribution in [0.25, 0.3) is 0 Å². The predicted molar refractivity (Wildman–Crippen MR) is 119 cm³/mol. The molecule has 1 amide bonds. The van der Waals surface area contributed by atoms with Crippen LogP contribution in [-0.2, 0) is 24.4 Å². The largest absolute Gasteiger partial charge is 0.352 e. The van der Waals surface area contributed by atoms with Crippen molar-refractivity contribution in [2.24, 2.45) is 5.92 Å². The maximum Gasteiger partial charge on any atom is 0.223 e. The molecule has 5 nitrogen and oxygen atoms in total. The minimum Gasteiger partial charge on any atom is -0.352 e. The molecule has 0 aliphatic carbocycles. The van der Waals surface area contributed by atoms with E-state index in [0.717, 1.165) is 44.6 Å². The molecule has 2 heterocycles. The van der Waals surface area contributed by atoms with Crippen LogP contribution < -0.4 is 5.32 Å². The van der Waals surface area contributed by atoms with E-state index in [-0.39, 0.29) is 11.8 Å². The molecule has 30 heavy (non-hydrogen) atoms. The first-order chi connectivity index (χ1) is 14.7. The molecule has 0 atom stereocenters. The molecular formula is C25H30N4O. The van der Waals surface area contributed by atoms with Gasteiger partial charge in [-0.25, -0.2) is 4.98 Å². The zero-order valence-corrected chi connectivity index (χ0v) is 17.6. The van der Waals surface area contributed by atoms with Gasteiger partial charge in [0.25, 0.3) is 0 Å². The van der Waals surface area contributed by atoms with Crippen molar-refractivity contribution in [3.8, 4) is 0 Å². The second-order valence-electron chi connectivity index (χ2n) is 8.31. The maximum atomic E-state index is 12.7. The highest BCUT2D eigenvalue weighted by atomic mass is 16.1. The Labute approximate surface area is 178 Å². The van der Waals surface area contributed by atoms with Crippen molar-refractivity contribution < 1.29 is 4.79 Å². The van der Waals surface area contributed by atoms with E-state index in [1.807, 2.05) is 17.1 Å². The summed E-state index contributed by atoms with van der Waals surface area (Å²) in [5.74, 6) is 0.304. The minimum absolute atomic E-state index is 0.119.